The molecule has 0 amide bonds. The van der Waals surface area contributed by atoms with Gasteiger partial charge in [-0.3, -0.25) is 0 Å². The first-order chi connectivity index (χ1) is 5.95. The molecule has 0 fully saturated rings. The summed E-state index contributed by atoms with van der Waals surface area (Å²) in [5.41, 5.74) is 2.01. The Balaban J connectivity index is 3.15. The SMILES string of the molecule is Cc1cc(F)cc(C(C)(C)CBr)c1. The maximum Gasteiger partial charge on any atom is 0.123 e. The van der Waals surface area contributed by atoms with E-state index in [0.717, 1.165) is 16.5 Å². The van der Waals surface area contributed by atoms with Crippen LogP contribution in [0.2, 0.25) is 0 Å². The van der Waals surface area contributed by atoms with Crippen LogP contribution in [0, 0.1) is 12.7 Å². The van der Waals surface area contributed by atoms with Crippen molar-refractivity contribution in [2.24, 2.45) is 0 Å². The minimum absolute atomic E-state index is 0.00708. The number of aryl methyl sites for hydroxylation is 1. The molecule has 0 nitrogen and oxygen atoms in total. The van der Waals surface area contributed by atoms with Gasteiger partial charge in [0.25, 0.3) is 0 Å². The van der Waals surface area contributed by atoms with Gasteiger partial charge in [-0.2, -0.15) is 0 Å². The third-order valence-electron chi connectivity index (χ3n) is 2.16. The van der Waals surface area contributed by atoms with Crippen LogP contribution in [0.15, 0.2) is 18.2 Å². The molecule has 0 saturated carbocycles. The van der Waals surface area contributed by atoms with E-state index in [1.54, 1.807) is 12.1 Å². The average molecular weight is 245 g/mol. The lowest BCUT2D eigenvalue weighted by Crippen LogP contribution is -2.19. The molecule has 0 heterocycles. The fourth-order valence-corrected chi connectivity index (χ4v) is 1.53. The zero-order valence-corrected chi connectivity index (χ0v) is 9.78. The molecule has 0 aliphatic heterocycles. The number of alkyl halides is 1. The molecule has 1 rings (SSSR count). The summed E-state index contributed by atoms with van der Waals surface area (Å²) in [6.07, 6.45) is 0. The summed E-state index contributed by atoms with van der Waals surface area (Å²) < 4.78 is 13.1. The molecule has 1 aromatic rings. The van der Waals surface area contributed by atoms with Gasteiger partial charge in [-0.25, -0.2) is 4.39 Å². The van der Waals surface area contributed by atoms with E-state index in [1.807, 2.05) is 13.0 Å². The Kier molecular flexibility index (Phi) is 3.12. The van der Waals surface area contributed by atoms with Crippen molar-refractivity contribution in [3.8, 4) is 0 Å². The molecule has 0 radical (unpaired) electrons. The fraction of sp³-hybridized carbons (Fsp3) is 0.455. The van der Waals surface area contributed by atoms with E-state index in [9.17, 15) is 4.39 Å². The van der Waals surface area contributed by atoms with Gasteiger partial charge in [0, 0.05) is 5.33 Å². The van der Waals surface area contributed by atoms with Crippen LogP contribution < -0.4 is 0 Å². The second-order valence-electron chi connectivity index (χ2n) is 4.03. The smallest absolute Gasteiger partial charge is 0.123 e. The number of hydrogen-bond acceptors (Lipinski definition) is 0. The molecule has 0 unspecified atom stereocenters. The summed E-state index contributed by atoms with van der Waals surface area (Å²) in [6.45, 7) is 6.10. The molecule has 1 aromatic carbocycles. The minimum Gasteiger partial charge on any atom is -0.207 e. The van der Waals surface area contributed by atoms with Crippen molar-refractivity contribution in [1.82, 2.24) is 0 Å². The lowest BCUT2D eigenvalue weighted by Gasteiger charge is -2.22. The van der Waals surface area contributed by atoms with Crippen molar-refractivity contribution in [3.63, 3.8) is 0 Å². The summed E-state index contributed by atoms with van der Waals surface area (Å²) in [5.74, 6) is -0.149. The Morgan fingerprint density at radius 1 is 1.31 bits per heavy atom. The largest absolute Gasteiger partial charge is 0.207 e. The van der Waals surface area contributed by atoms with E-state index in [1.165, 1.54) is 0 Å². The molecule has 0 atom stereocenters. The van der Waals surface area contributed by atoms with Gasteiger partial charge in [-0.15, -0.1) is 0 Å². The van der Waals surface area contributed by atoms with Crippen molar-refractivity contribution in [2.45, 2.75) is 26.2 Å². The Morgan fingerprint density at radius 2 is 1.92 bits per heavy atom. The van der Waals surface area contributed by atoms with Crippen LogP contribution in [0.4, 0.5) is 4.39 Å². The van der Waals surface area contributed by atoms with Gasteiger partial charge in [0.2, 0.25) is 0 Å². The zero-order chi connectivity index (χ0) is 10.1. The predicted molar refractivity (Wildman–Crippen MR) is 58.0 cm³/mol. The number of hydrogen-bond donors (Lipinski definition) is 0. The molecule has 2 heteroatoms. The molecule has 13 heavy (non-hydrogen) atoms. The Labute approximate surface area is 87.3 Å². The van der Waals surface area contributed by atoms with Crippen LogP contribution in [-0.4, -0.2) is 5.33 Å². The standard InChI is InChI=1S/C11H14BrF/c1-8-4-9(6-10(13)5-8)11(2,3)7-12/h4-6H,7H2,1-3H3. The van der Waals surface area contributed by atoms with Gasteiger partial charge in [0.15, 0.2) is 0 Å². The van der Waals surface area contributed by atoms with Crippen LogP contribution in [0.25, 0.3) is 0 Å². The fourth-order valence-electron chi connectivity index (χ4n) is 1.20. The molecule has 0 spiro atoms. The first-order valence-corrected chi connectivity index (χ1v) is 5.41. The molecule has 0 N–H and O–H groups in total. The van der Waals surface area contributed by atoms with Gasteiger partial charge in [0.1, 0.15) is 5.82 Å². The maximum atomic E-state index is 13.1. The topological polar surface area (TPSA) is 0 Å². The van der Waals surface area contributed by atoms with Crippen LogP contribution in [-0.2, 0) is 5.41 Å². The van der Waals surface area contributed by atoms with Crippen LogP contribution in [0.5, 0.6) is 0 Å². The van der Waals surface area contributed by atoms with Gasteiger partial charge >= 0.3 is 0 Å². The molecular formula is C11H14BrF. The van der Waals surface area contributed by atoms with Crippen LogP contribution >= 0.6 is 15.9 Å². The van der Waals surface area contributed by atoms with Gasteiger partial charge in [-0.05, 0) is 35.6 Å². The minimum atomic E-state index is -0.149. The second kappa shape index (κ2) is 3.79. The summed E-state index contributed by atoms with van der Waals surface area (Å²) in [4.78, 5) is 0. The highest BCUT2D eigenvalue weighted by Gasteiger charge is 2.19. The quantitative estimate of drug-likeness (QED) is 0.695. The van der Waals surface area contributed by atoms with Crippen molar-refractivity contribution >= 4 is 15.9 Å². The van der Waals surface area contributed by atoms with Gasteiger partial charge in [0.05, 0.1) is 0 Å². The third kappa shape index (κ3) is 2.53. The lowest BCUT2D eigenvalue weighted by atomic mass is 9.86. The molecule has 0 saturated heterocycles. The Morgan fingerprint density at radius 3 is 2.38 bits per heavy atom. The molecule has 0 aliphatic carbocycles. The highest BCUT2D eigenvalue weighted by molar-refractivity contribution is 9.09. The molecule has 0 bridgehead atoms. The van der Waals surface area contributed by atoms with Crippen molar-refractivity contribution < 1.29 is 4.39 Å². The van der Waals surface area contributed by atoms with Crippen LogP contribution in [0.3, 0.4) is 0 Å². The molecule has 0 aliphatic rings. The lowest BCUT2D eigenvalue weighted by molar-refractivity contribution is 0.582. The summed E-state index contributed by atoms with van der Waals surface area (Å²) in [6, 6.07) is 5.19. The van der Waals surface area contributed by atoms with E-state index < -0.39 is 0 Å². The van der Waals surface area contributed by atoms with Gasteiger partial charge < -0.3 is 0 Å². The van der Waals surface area contributed by atoms with Gasteiger partial charge in [-0.1, -0.05) is 35.8 Å². The van der Waals surface area contributed by atoms with E-state index in [0.29, 0.717) is 0 Å². The molecule has 0 aromatic heterocycles. The maximum absolute atomic E-state index is 13.1. The predicted octanol–water partition coefficient (Wildman–Crippen LogP) is 3.81. The summed E-state index contributed by atoms with van der Waals surface area (Å²) >= 11 is 3.43. The van der Waals surface area contributed by atoms with E-state index >= 15 is 0 Å². The summed E-state index contributed by atoms with van der Waals surface area (Å²) in [5, 5.41) is 0.836. The van der Waals surface area contributed by atoms with E-state index in [4.69, 9.17) is 0 Å². The summed E-state index contributed by atoms with van der Waals surface area (Å²) in [7, 11) is 0. The number of halogens is 2. The second-order valence-corrected chi connectivity index (χ2v) is 4.60. The average Bonchev–Trinajstić information content (AvgIpc) is 2.02. The zero-order valence-electron chi connectivity index (χ0n) is 8.20. The van der Waals surface area contributed by atoms with Crippen molar-refractivity contribution in [1.29, 1.82) is 0 Å². The first kappa shape index (κ1) is 10.7. The highest BCUT2D eigenvalue weighted by Crippen LogP contribution is 2.26. The normalized spacial score (nSPS) is 11.8. The number of rotatable bonds is 2. The molecule has 72 valence electrons. The monoisotopic (exact) mass is 244 g/mol. The van der Waals surface area contributed by atoms with Crippen molar-refractivity contribution in [2.75, 3.05) is 5.33 Å². The third-order valence-corrected chi connectivity index (χ3v) is 3.56. The first-order valence-electron chi connectivity index (χ1n) is 4.29. The Bertz CT molecular complexity index is 285. The molecular weight excluding hydrogens is 231 g/mol. The van der Waals surface area contributed by atoms with E-state index in [-0.39, 0.29) is 11.2 Å². The highest BCUT2D eigenvalue weighted by atomic mass is 79.9. The van der Waals surface area contributed by atoms with Crippen molar-refractivity contribution in [3.05, 3.63) is 35.1 Å². The number of benzene rings is 1. The Hall–Kier alpha value is -0.370. The van der Waals surface area contributed by atoms with E-state index in [2.05, 4.69) is 29.8 Å². The van der Waals surface area contributed by atoms with Crippen LogP contribution in [0.1, 0.15) is 25.0 Å².